The number of nitrogens with zero attached hydrogens (tertiary/aromatic N) is 4. The maximum Gasteiger partial charge on any atom is 0.237 e. The number of hydrogen-bond acceptors (Lipinski definition) is 5. The molecule has 134 valence electrons. The van der Waals surface area contributed by atoms with E-state index in [1.165, 1.54) is 0 Å². The number of nitriles is 1. The van der Waals surface area contributed by atoms with E-state index in [0.29, 0.717) is 13.1 Å². The molecule has 1 aromatic heterocycles. The first-order chi connectivity index (χ1) is 12.7. The normalized spacial score (nSPS) is 23.3. The van der Waals surface area contributed by atoms with Gasteiger partial charge in [0, 0.05) is 42.8 Å². The predicted octanol–water partition coefficient (Wildman–Crippen LogP) is 2.20. The number of aromatic nitrogens is 1. The van der Waals surface area contributed by atoms with Crippen molar-refractivity contribution in [3.63, 3.8) is 0 Å². The van der Waals surface area contributed by atoms with E-state index in [2.05, 4.69) is 16.0 Å². The van der Waals surface area contributed by atoms with Gasteiger partial charge in [-0.05, 0) is 31.4 Å². The molecule has 2 saturated heterocycles. The van der Waals surface area contributed by atoms with E-state index in [1.54, 1.807) is 11.1 Å². The molecular formula is C20H22N4O2. The van der Waals surface area contributed by atoms with Crippen LogP contribution in [0.25, 0.3) is 10.8 Å². The molecule has 2 fully saturated rings. The number of pyridine rings is 1. The van der Waals surface area contributed by atoms with E-state index in [-0.39, 0.29) is 18.1 Å². The molecule has 0 N–H and O–H groups in total. The lowest BCUT2D eigenvalue weighted by Gasteiger charge is -2.23. The van der Waals surface area contributed by atoms with Gasteiger partial charge in [-0.1, -0.05) is 12.1 Å². The Bertz CT molecular complexity index is 842. The zero-order valence-electron chi connectivity index (χ0n) is 14.7. The molecule has 4 rings (SSSR count). The number of carbonyl (C=O) groups excluding carboxylic acids is 1. The van der Waals surface area contributed by atoms with E-state index in [0.717, 1.165) is 48.9 Å². The van der Waals surface area contributed by atoms with Crippen LogP contribution in [0.5, 0.6) is 5.75 Å². The fourth-order valence-corrected chi connectivity index (χ4v) is 3.89. The first kappa shape index (κ1) is 16.8. The van der Waals surface area contributed by atoms with Gasteiger partial charge in [0.25, 0.3) is 0 Å². The number of hydrogen-bond donors (Lipinski definition) is 0. The fourth-order valence-electron chi connectivity index (χ4n) is 3.89. The molecule has 2 aliphatic rings. The summed E-state index contributed by atoms with van der Waals surface area (Å²) >= 11 is 0. The van der Waals surface area contributed by atoms with E-state index >= 15 is 0 Å². The summed E-state index contributed by atoms with van der Waals surface area (Å²) in [6.45, 7) is 2.65. The third kappa shape index (κ3) is 3.35. The first-order valence-corrected chi connectivity index (χ1v) is 9.15. The quantitative estimate of drug-likeness (QED) is 0.845. The molecular weight excluding hydrogens is 328 g/mol. The number of amides is 1. The van der Waals surface area contributed by atoms with Crippen LogP contribution in [-0.4, -0.2) is 59.0 Å². The molecule has 1 aromatic carbocycles. The number of ether oxygens (including phenoxy) is 1. The van der Waals surface area contributed by atoms with Crippen LogP contribution < -0.4 is 4.74 Å². The minimum atomic E-state index is -0.249. The average Bonchev–Trinajstić information content (AvgIpc) is 3.31. The van der Waals surface area contributed by atoms with Crippen molar-refractivity contribution in [1.82, 2.24) is 14.8 Å². The van der Waals surface area contributed by atoms with Crippen molar-refractivity contribution in [2.75, 3.05) is 26.2 Å². The van der Waals surface area contributed by atoms with Crippen LogP contribution in [0.3, 0.4) is 0 Å². The van der Waals surface area contributed by atoms with Gasteiger partial charge in [-0.25, -0.2) is 0 Å². The third-order valence-electron chi connectivity index (χ3n) is 5.24. The predicted molar refractivity (Wildman–Crippen MR) is 97.6 cm³/mol. The van der Waals surface area contributed by atoms with Gasteiger partial charge in [0.05, 0.1) is 12.6 Å². The Morgan fingerprint density at radius 2 is 2.23 bits per heavy atom. The average molecular weight is 350 g/mol. The summed E-state index contributed by atoms with van der Waals surface area (Å²) in [7, 11) is 0. The van der Waals surface area contributed by atoms with Crippen LogP contribution in [0.1, 0.15) is 19.3 Å². The van der Waals surface area contributed by atoms with Gasteiger partial charge in [0.2, 0.25) is 5.91 Å². The lowest BCUT2D eigenvalue weighted by Crippen LogP contribution is -2.42. The highest BCUT2D eigenvalue weighted by Gasteiger charge is 2.32. The molecule has 0 radical (unpaired) electrons. The van der Waals surface area contributed by atoms with Crippen molar-refractivity contribution in [2.24, 2.45) is 0 Å². The second kappa shape index (κ2) is 7.30. The van der Waals surface area contributed by atoms with Crippen LogP contribution in [0, 0.1) is 11.3 Å². The Kier molecular flexibility index (Phi) is 4.72. The van der Waals surface area contributed by atoms with Crippen LogP contribution >= 0.6 is 0 Å². The van der Waals surface area contributed by atoms with Crippen molar-refractivity contribution in [3.8, 4) is 11.8 Å². The number of fused-ring (bicyclic) bond motifs is 1. The Balaban J connectivity index is 1.37. The molecule has 3 heterocycles. The number of carbonyl (C=O) groups is 1. The van der Waals surface area contributed by atoms with Gasteiger partial charge in [-0.15, -0.1) is 0 Å². The Morgan fingerprint density at radius 3 is 3.12 bits per heavy atom. The second-order valence-electron chi connectivity index (χ2n) is 6.99. The summed E-state index contributed by atoms with van der Waals surface area (Å²) in [5.74, 6) is 0.929. The van der Waals surface area contributed by atoms with E-state index in [4.69, 9.17) is 10.00 Å². The molecule has 1 amide bonds. The minimum Gasteiger partial charge on any atom is -0.488 e. The molecule has 0 saturated carbocycles. The van der Waals surface area contributed by atoms with Crippen molar-refractivity contribution < 1.29 is 9.53 Å². The SMILES string of the molecule is N#CC1CCCN1C(=O)CN1CCC(Oc2cccc3cnccc23)C1. The molecule has 26 heavy (non-hydrogen) atoms. The van der Waals surface area contributed by atoms with Crippen molar-refractivity contribution in [2.45, 2.75) is 31.4 Å². The highest BCUT2D eigenvalue weighted by molar-refractivity contribution is 5.87. The van der Waals surface area contributed by atoms with Crippen LogP contribution in [0.4, 0.5) is 0 Å². The third-order valence-corrected chi connectivity index (χ3v) is 5.24. The fraction of sp³-hybridized carbons (Fsp3) is 0.450. The Morgan fingerprint density at radius 1 is 1.31 bits per heavy atom. The smallest absolute Gasteiger partial charge is 0.237 e. The number of likely N-dealkylation sites (tertiary alicyclic amines) is 2. The standard InChI is InChI=1S/C20H22N4O2/c21-11-16-4-2-9-24(16)20(25)14-23-10-7-17(13-23)26-19-5-1-3-15-12-22-8-6-18(15)19/h1,3,5-6,8,12,16-17H,2,4,7,9-10,13-14H2. The molecule has 2 atom stereocenters. The summed E-state index contributed by atoms with van der Waals surface area (Å²) in [4.78, 5) is 20.5. The van der Waals surface area contributed by atoms with Crippen LogP contribution in [0.2, 0.25) is 0 Å². The van der Waals surface area contributed by atoms with Crippen LogP contribution in [-0.2, 0) is 4.79 Å². The highest BCUT2D eigenvalue weighted by atomic mass is 16.5. The Labute approximate surface area is 153 Å². The molecule has 0 aliphatic carbocycles. The summed E-state index contributed by atoms with van der Waals surface area (Å²) in [5, 5.41) is 11.3. The molecule has 0 bridgehead atoms. The summed E-state index contributed by atoms with van der Waals surface area (Å²) in [6.07, 6.45) is 6.30. The summed E-state index contributed by atoms with van der Waals surface area (Å²) < 4.78 is 6.22. The number of benzene rings is 1. The number of rotatable bonds is 4. The molecule has 2 unspecified atom stereocenters. The monoisotopic (exact) mass is 350 g/mol. The van der Waals surface area contributed by atoms with E-state index in [1.807, 2.05) is 30.5 Å². The molecule has 2 aromatic rings. The van der Waals surface area contributed by atoms with E-state index < -0.39 is 0 Å². The van der Waals surface area contributed by atoms with Gasteiger partial charge in [-0.3, -0.25) is 14.7 Å². The van der Waals surface area contributed by atoms with Crippen molar-refractivity contribution in [3.05, 3.63) is 36.7 Å². The van der Waals surface area contributed by atoms with Gasteiger partial charge in [0.1, 0.15) is 17.9 Å². The van der Waals surface area contributed by atoms with Crippen molar-refractivity contribution in [1.29, 1.82) is 5.26 Å². The zero-order valence-corrected chi connectivity index (χ0v) is 14.7. The molecule has 6 nitrogen and oxygen atoms in total. The maximum atomic E-state index is 12.5. The summed E-state index contributed by atoms with van der Waals surface area (Å²) in [5.41, 5.74) is 0. The topological polar surface area (TPSA) is 69.5 Å². The molecule has 2 aliphatic heterocycles. The van der Waals surface area contributed by atoms with Gasteiger partial charge in [-0.2, -0.15) is 5.26 Å². The zero-order chi connectivity index (χ0) is 17.9. The summed E-state index contributed by atoms with van der Waals surface area (Å²) in [6, 6.07) is 9.94. The van der Waals surface area contributed by atoms with Crippen molar-refractivity contribution >= 4 is 16.7 Å². The highest BCUT2D eigenvalue weighted by Crippen LogP contribution is 2.27. The van der Waals surface area contributed by atoms with Gasteiger partial charge >= 0.3 is 0 Å². The Hall–Kier alpha value is -2.65. The minimum absolute atomic E-state index is 0.0611. The van der Waals surface area contributed by atoms with E-state index in [9.17, 15) is 4.79 Å². The largest absolute Gasteiger partial charge is 0.488 e. The van der Waals surface area contributed by atoms with Gasteiger partial charge in [0.15, 0.2) is 0 Å². The molecule has 0 spiro atoms. The second-order valence-corrected chi connectivity index (χ2v) is 6.99. The van der Waals surface area contributed by atoms with Crippen LogP contribution in [0.15, 0.2) is 36.7 Å². The first-order valence-electron chi connectivity index (χ1n) is 9.15. The maximum absolute atomic E-state index is 12.5. The lowest BCUT2D eigenvalue weighted by molar-refractivity contribution is -0.132. The van der Waals surface area contributed by atoms with Gasteiger partial charge < -0.3 is 9.64 Å². The molecule has 6 heteroatoms. The lowest BCUT2D eigenvalue weighted by atomic mass is 10.1.